The maximum absolute atomic E-state index is 10.0. The van der Waals surface area contributed by atoms with Gasteiger partial charge in [-0.1, -0.05) is 30.3 Å². The van der Waals surface area contributed by atoms with Gasteiger partial charge in [0.05, 0.1) is 12.7 Å². The van der Waals surface area contributed by atoms with Crippen LogP contribution in [-0.2, 0) is 25.6 Å². The van der Waals surface area contributed by atoms with Crippen molar-refractivity contribution in [2.45, 2.75) is 63.9 Å². The van der Waals surface area contributed by atoms with Gasteiger partial charge in [0.15, 0.2) is 12.1 Å². The molecule has 0 radical (unpaired) electrons. The second-order valence-corrected chi connectivity index (χ2v) is 6.06. The molecule has 116 valence electrons. The number of hydrogen-bond acceptors (Lipinski definition) is 5. The normalized spacial score (nSPS) is 38.2. The molecule has 0 spiro atoms. The Hall–Kier alpha value is -0.980. The topological polar surface area (TPSA) is 57.2 Å². The third kappa shape index (κ3) is 3.12. The summed E-state index contributed by atoms with van der Waals surface area (Å²) in [6.45, 7) is 6.01. The Bertz CT molecular complexity index is 475. The lowest BCUT2D eigenvalue weighted by Gasteiger charge is -2.38. The summed E-state index contributed by atoms with van der Waals surface area (Å²) in [5, 5.41) is 10.0. The lowest BCUT2D eigenvalue weighted by atomic mass is 10.00. The van der Waals surface area contributed by atoms with Gasteiger partial charge in [0, 0.05) is 0 Å². The molecule has 1 aromatic carbocycles. The largest absolute Gasteiger partial charge is 0.368 e. The fraction of sp³-hybridized carbons (Fsp3) is 0.625. The molecule has 0 bridgehead atoms. The van der Waals surface area contributed by atoms with Crippen LogP contribution in [0.1, 0.15) is 26.3 Å². The third-order valence-corrected chi connectivity index (χ3v) is 3.87. The highest BCUT2D eigenvalue weighted by Crippen LogP contribution is 2.38. The van der Waals surface area contributed by atoms with Crippen molar-refractivity contribution in [1.82, 2.24) is 0 Å². The molecule has 21 heavy (non-hydrogen) atoms. The van der Waals surface area contributed by atoms with Crippen molar-refractivity contribution in [1.29, 1.82) is 0 Å². The van der Waals surface area contributed by atoms with Gasteiger partial charge in [-0.05, 0) is 26.3 Å². The Morgan fingerprint density at radius 1 is 1.14 bits per heavy atom. The van der Waals surface area contributed by atoms with E-state index in [2.05, 4.69) is 0 Å². The molecule has 2 aliphatic rings. The smallest absolute Gasteiger partial charge is 0.184 e. The number of fused-ring (bicyclic) bond motifs is 1. The van der Waals surface area contributed by atoms with Gasteiger partial charge in [-0.2, -0.15) is 0 Å². The lowest BCUT2D eigenvalue weighted by Crippen LogP contribution is -2.56. The van der Waals surface area contributed by atoms with E-state index in [-0.39, 0.29) is 18.3 Å². The molecule has 1 aromatic rings. The zero-order chi connectivity index (χ0) is 15.0. The Morgan fingerprint density at radius 2 is 1.81 bits per heavy atom. The highest BCUT2D eigenvalue weighted by Gasteiger charge is 2.54. The van der Waals surface area contributed by atoms with Crippen LogP contribution < -0.4 is 0 Å². The van der Waals surface area contributed by atoms with Gasteiger partial charge >= 0.3 is 0 Å². The summed E-state index contributed by atoms with van der Waals surface area (Å²) in [5.41, 5.74) is 1.09. The van der Waals surface area contributed by atoms with Crippen LogP contribution in [-0.4, -0.2) is 41.6 Å². The molecule has 2 heterocycles. The average Bonchev–Trinajstić information content (AvgIpc) is 2.76. The molecule has 5 heteroatoms. The summed E-state index contributed by atoms with van der Waals surface area (Å²) in [6.07, 6.45) is -2.37. The standard InChI is InChI=1S/C16H22O5/c1-10-12(18-9-11-7-5-4-6-8-11)13-14(15(17)19-10)21-16(2,3)20-13/h4-8,10,12-15,17H,9H2,1-3H3/t10?,12-,13?,14?,15+/m0/s1. The first-order chi connectivity index (χ1) is 9.96. The van der Waals surface area contributed by atoms with Crippen molar-refractivity contribution in [2.24, 2.45) is 0 Å². The average molecular weight is 294 g/mol. The Kier molecular flexibility index (Phi) is 4.03. The molecule has 5 atom stereocenters. The van der Waals surface area contributed by atoms with Crippen molar-refractivity contribution in [3.8, 4) is 0 Å². The minimum absolute atomic E-state index is 0.262. The van der Waals surface area contributed by atoms with Crippen LogP contribution in [0.4, 0.5) is 0 Å². The van der Waals surface area contributed by atoms with E-state index in [1.807, 2.05) is 51.1 Å². The van der Waals surface area contributed by atoms with E-state index in [4.69, 9.17) is 18.9 Å². The first kappa shape index (κ1) is 14.9. The Morgan fingerprint density at radius 3 is 2.52 bits per heavy atom. The zero-order valence-electron chi connectivity index (χ0n) is 12.6. The molecular formula is C16H22O5. The highest BCUT2D eigenvalue weighted by atomic mass is 16.8. The Labute approximate surface area is 124 Å². The summed E-state index contributed by atoms with van der Waals surface area (Å²) in [5.74, 6) is -0.738. The van der Waals surface area contributed by atoms with Crippen LogP contribution in [0.5, 0.6) is 0 Å². The fourth-order valence-electron chi connectivity index (χ4n) is 2.93. The van der Waals surface area contributed by atoms with Crippen LogP contribution in [0.3, 0.4) is 0 Å². The van der Waals surface area contributed by atoms with E-state index in [1.54, 1.807) is 0 Å². The van der Waals surface area contributed by atoms with Gasteiger partial charge in [0.25, 0.3) is 0 Å². The maximum atomic E-state index is 10.0. The van der Waals surface area contributed by atoms with E-state index in [9.17, 15) is 5.11 Å². The molecule has 0 saturated carbocycles. The van der Waals surface area contributed by atoms with Crippen LogP contribution >= 0.6 is 0 Å². The third-order valence-electron chi connectivity index (χ3n) is 3.87. The van der Waals surface area contributed by atoms with Crippen molar-refractivity contribution < 1.29 is 24.1 Å². The molecule has 2 saturated heterocycles. The Balaban J connectivity index is 1.71. The van der Waals surface area contributed by atoms with Gasteiger partial charge < -0.3 is 24.1 Å². The minimum Gasteiger partial charge on any atom is -0.368 e. The summed E-state index contributed by atoms with van der Waals surface area (Å²) >= 11 is 0. The second-order valence-electron chi connectivity index (χ2n) is 6.06. The summed E-state index contributed by atoms with van der Waals surface area (Å²) < 4.78 is 23.1. The van der Waals surface area contributed by atoms with Crippen LogP contribution in [0, 0.1) is 0 Å². The number of hydrogen-bond donors (Lipinski definition) is 1. The van der Waals surface area contributed by atoms with Crippen molar-refractivity contribution in [3.05, 3.63) is 35.9 Å². The number of rotatable bonds is 3. The maximum Gasteiger partial charge on any atom is 0.184 e. The quantitative estimate of drug-likeness (QED) is 0.921. The SMILES string of the molecule is CC1O[C@@H](O)C2OC(C)(C)OC2[C@H]1OCc1ccccc1. The van der Waals surface area contributed by atoms with Gasteiger partial charge in [0.1, 0.15) is 18.3 Å². The molecule has 3 unspecified atom stereocenters. The fourth-order valence-corrected chi connectivity index (χ4v) is 2.93. The monoisotopic (exact) mass is 294 g/mol. The van der Waals surface area contributed by atoms with Crippen molar-refractivity contribution in [3.63, 3.8) is 0 Å². The van der Waals surface area contributed by atoms with Gasteiger partial charge in [0.2, 0.25) is 0 Å². The molecular weight excluding hydrogens is 272 g/mol. The highest BCUT2D eigenvalue weighted by molar-refractivity contribution is 5.13. The zero-order valence-corrected chi connectivity index (χ0v) is 12.6. The summed E-state index contributed by atoms with van der Waals surface area (Å²) in [4.78, 5) is 0. The molecule has 1 N–H and O–H groups in total. The first-order valence-corrected chi connectivity index (χ1v) is 7.31. The first-order valence-electron chi connectivity index (χ1n) is 7.31. The van der Waals surface area contributed by atoms with Crippen molar-refractivity contribution in [2.75, 3.05) is 0 Å². The molecule has 3 rings (SSSR count). The van der Waals surface area contributed by atoms with Gasteiger partial charge in [-0.25, -0.2) is 0 Å². The molecule has 5 nitrogen and oxygen atoms in total. The van der Waals surface area contributed by atoms with E-state index < -0.39 is 18.2 Å². The van der Waals surface area contributed by atoms with Gasteiger partial charge in [-0.3, -0.25) is 0 Å². The summed E-state index contributed by atoms with van der Waals surface area (Å²) in [7, 11) is 0. The van der Waals surface area contributed by atoms with Crippen LogP contribution in [0.25, 0.3) is 0 Å². The van der Waals surface area contributed by atoms with Crippen LogP contribution in [0.2, 0.25) is 0 Å². The molecule has 0 aliphatic carbocycles. The van der Waals surface area contributed by atoms with E-state index in [0.29, 0.717) is 6.61 Å². The van der Waals surface area contributed by atoms with E-state index in [0.717, 1.165) is 5.56 Å². The van der Waals surface area contributed by atoms with Crippen molar-refractivity contribution >= 4 is 0 Å². The minimum atomic E-state index is -0.983. The number of benzene rings is 1. The predicted molar refractivity (Wildman–Crippen MR) is 75.4 cm³/mol. The molecule has 0 aromatic heterocycles. The predicted octanol–water partition coefficient (Wildman–Crippen LogP) is 1.83. The second kappa shape index (κ2) is 5.66. The lowest BCUT2D eigenvalue weighted by molar-refractivity contribution is -0.262. The number of aliphatic hydroxyl groups excluding tert-OH is 1. The molecule has 2 aliphatic heterocycles. The van der Waals surface area contributed by atoms with E-state index in [1.165, 1.54) is 0 Å². The summed E-state index contributed by atoms with van der Waals surface area (Å²) in [6, 6.07) is 9.95. The molecule has 2 fully saturated rings. The van der Waals surface area contributed by atoms with Gasteiger partial charge in [-0.15, -0.1) is 0 Å². The number of aliphatic hydroxyl groups is 1. The van der Waals surface area contributed by atoms with Crippen LogP contribution in [0.15, 0.2) is 30.3 Å². The van der Waals surface area contributed by atoms with E-state index >= 15 is 0 Å². The number of ether oxygens (including phenoxy) is 4. The molecule has 0 amide bonds.